The zero-order valence-corrected chi connectivity index (χ0v) is 21.2. The monoisotopic (exact) mass is 525 g/mol. The second-order valence-corrected chi connectivity index (χ2v) is 10.5. The second kappa shape index (κ2) is 11.4. The first kappa shape index (κ1) is 26.2. The number of hydrogen-bond donors (Lipinski definition) is 1. The van der Waals surface area contributed by atoms with Gasteiger partial charge in [0.25, 0.3) is 10.0 Å². The van der Waals surface area contributed by atoms with Crippen molar-refractivity contribution in [2.24, 2.45) is 0 Å². The molecule has 3 aromatic carbocycles. The second-order valence-electron chi connectivity index (χ2n) is 8.68. The number of benzene rings is 3. The number of anilines is 1. The Bertz CT molecular complexity index is 1340. The maximum absolute atomic E-state index is 13.5. The van der Waals surface area contributed by atoms with Gasteiger partial charge in [-0.2, -0.15) is 0 Å². The minimum atomic E-state index is -4.13. The Kier molecular flexibility index (Phi) is 8.08. The van der Waals surface area contributed by atoms with E-state index in [1.165, 1.54) is 43.5 Å². The molecule has 0 saturated carbocycles. The maximum Gasteiger partial charge on any atom is 0.264 e. The number of nitrogens with zero attached hydrogens (tertiary/aromatic N) is 2. The van der Waals surface area contributed by atoms with E-state index in [2.05, 4.69) is 5.32 Å². The molecule has 1 aliphatic rings. The predicted molar refractivity (Wildman–Crippen MR) is 137 cm³/mol. The van der Waals surface area contributed by atoms with Crippen LogP contribution in [-0.2, 0) is 32.7 Å². The number of hydrogen-bond acceptors (Lipinski definition) is 5. The fourth-order valence-corrected chi connectivity index (χ4v) is 5.46. The molecule has 194 valence electrons. The highest BCUT2D eigenvalue weighted by molar-refractivity contribution is 7.92. The Balaban J connectivity index is 1.44. The average molecular weight is 526 g/mol. The summed E-state index contributed by atoms with van der Waals surface area (Å²) in [4.78, 5) is 26.4. The van der Waals surface area contributed by atoms with Crippen LogP contribution < -0.4 is 14.4 Å². The molecule has 1 N–H and O–H groups in total. The summed E-state index contributed by atoms with van der Waals surface area (Å²) in [5.41, 5.74) is 1.99. The fourth-order valence-electron chi connectivity index (χ4n) is 4.04. The molecule has 8 nitrogen and oxygen atoms in total. The summed E-state index contributed by atoms with van der Waals surface area (Å²) in [7, 11) is -2.66. The highest BCUT2D eigenvalue weighted by Gasteiger charge is 2.27. The van der Waals surface area contributed by atoms with Gasteiger partial charge in [-0.15, -0.1) is 0 Å². The lowest BCUT2D eigenvalue weighted by molar-refractivity contribution is -0.128. The Labute approximate surface area is 215 Å². The van der Waals surface area contributed by atoms with Gasteiger partial charge in [-0.3, -0.25) is 13.9 Å². The number of likely N-dealkylation sites (tertiary alicyclic amines) is 1. The molecule has 3 aromatic rings. The van der Waals surface area contributed by atoms with Crippen molar-refractivity contribution in [3.8, 4) is 5.75 Å². The number of sulfonamides is 1. The molecule has 0 unspecified atom stereocenters. The predicted octanol–water partition coefficient (Wildman–Crippen LogP) is 3.47. The van der Waals surface area contributed by atoms with Crippen molar-refractivity contribution in [3.63, 3.8) is 0 Å². The number of rotatable bonds is 10. The van der Waals surface area contributed by atoms with Crippen LogP contribution in [0.2, 0.25) is 0 Å². The molecule has 0 bridgehead atoms. The number of methoxy groups -OCH3 is 1. The molecular formula is C27H28FN3O5S. The molecule has 1 heterocycles. The van der Waals surface area contributed by atoms with Crippen LogP contribution in [0, 0.1) is 5.82 Å². The van der Waals surface area contributed by atoms with Gasteiger partial charge in [-0.05, 0) is 66.1 Å². The van der Waals surface area contributed by atoms with Crippen LogP contribution in [0.3, 0.4) is 0 Å². The van der Waals surface area contributed by atoms with Crippen LogP contribution in [0.1, 0.15) is 24.0 Å². The van der Waals surface area contributed by atoms with Crippen molar-refractivity contribution in [1.29, 1.82) is 0 Å². The number of halogens is 1. The van der Waals surface area contributed by atoms with Crippen molar-refractivity contribution < 1.29 is 27.1 Å². The zero-order chi connectivity index (χ0) is 26.4. The van der Waals surface area contributed by atoms with E-state index in [4.69, 9.17) is 4.74 Å². The Morgan fingerprint density at radius 1 is 1.00 bits per heavy atom. The minimum Gasteiger partial charge on any atom is -0.497 e. The lowest BCUT2D eigenvalue weighted by atomic mass is 10.1. The third-order valence-electron chi connectivity index (χ3n) is 6.11. The molecule has 0 radical (unpaired) electrons. The Hall–Kier alpha value is -3.92. The molecular weight excluding hydrogens is 497 g/mol. The molecule has 10 heteroatoms. The van der Waals surface area contributed by atoms with Gasteiger partial charge in [0, 0.05) is 26.1 Å². The topological polar surface area (TPSA) is 96.0 Å². The number of ether oxygens (including phenoxy) is 1. The SMILES string of the molecule is COc1ccc(S(=O)(=O)N(CC(=O)NCc2ccc(CN3CCCC3=O)cc2)c2ccc(F)cc2)cc1. The van der Waals surface area contributed by atoms with E-state index >= 15 is 0 Å². The zero-order valence-electron chi connectivity index (χ0n) is 20.4. The van der Waals surface area contributed by atoms with Crippen molar-refractivity contribution in [3.05, 3.63) is 89.7 Å². The summed E-state index contributed by atoms with van der Waals surface area (Å²) in [6.07, 6.45) is 1.47. The molecule has 1 saturated heterocycles. The third-order valence-corrected chi connectivity index (χ3v) is 7.89. The van der Waals surface area contributed by atoms with Gasteiger partial charge in [0.05, 0.1) is 17.7 Å². The lowest BCUT2D eigenvalue weighted by Crippen LogP contribution is -2.40. The van der Waals surface area contributed by atoms with Crippen molar-refractivity contribution >= 4 is 27.5 Å². The molecule has 0 spiro atoms. The van der Waals surface area contributed by atoms with Crippen LogP contribution in [0.4, 0.5) is 10.1 Å². The molecule has 2 amide bonds. The smallest absolute Gasteiger partial charge is 0.264 e. The summed E-state index contributed by atoms with van der Waals surface area (Å²) in [6, 6.07) is 18.3. The first-order chi connectivity index (χ1) is 17.8. The van der Waals surface area contributed by atoms with E-state index in [0.717, 1.165) is 40.5 Å². The van der Waals surface area contributed by atoms with Crippen LogP contribution >= 0.6 is 0 Å². The summed E-state index contributed by atoms with van der Waals surface area (Å²) in [5, 5.41) is 2.75. The van der Waals surface area contributed by atoms with Gasteiger partial charge in [0.15, 0.2) is 0 Å². The number of nitrogens with one attached hydrogen (secondary N) is 1. The van der Waals surface area contributed by atoms with Gasteiger partial charge >= 0.3 is 0 Å². The summed E-state index contributed by atoms with van der Waals surface area (Å²) < 4.78 is 46.4. The van der Waals surface area contributed by atoms with Crippen LogP contribution in [-0.4, -0.2) is 45.3 Å². The summed E-state index contributed by atoms with van der Waals surface area (Å²) in [6.45, 7) is 1.03. The molecule has 0 aliphatic carbocycles. The Morgan fingerprint density at radius 2 is 1.65 bits per heavy atom. The quantitative estimate of drug-likeness (QED) is 0.437. The number of carbonyl (C=O) groups excluding carboxylic acids is 2. The highest BCUT2D eigenvalue weighted by Crippen LogP contribution is 2.25. The molecule has 37 heavy (non-hydrogen) atoms. The third kappa shape index (κ3) is 6.45. The standard InChI is InChI=1S/C27H28FN3O5S/c1-36-24-12-14-25(15-13-24)37(34,35)31(23-10-8-22(28)9-11-23)19-26(32)29-17-20-4-6-21(7-5-20)18-30-16-2-3-27(30)33/h4-15H,2-3,16-19H2,1H3,(H,29,32). The normalized spacial score (nSPS) is 13.5. The van der Waals surface area contributed by atoms with E-state index in [9.17, 15) is 22.4 Å². The van der Waals surface area contributed by atoms with Gasteiger partial charge in [0.1, 0.15) is 18.1 Å². The molecule has 4 rings (SSSR count). The molecule has 1 fully saturated rings. The average Bonchev–Trinajstić information content (AvgIpc) is 3.31. The molecule has 0 aromatic heterocycles. The van der Waals surface area contributed by atoms with E-state index in [-0.39, 0.29) is 23.0 Å². The van der Waals surface area contributed by atoms with E-state index in [1.807, 2.05) is 29.2 Å². The van der Waals surface area contributed by atoms with E-state index in [0.29, 0.717) is 18.7 Å². The van der Waals surface area contributed by atoms with E-state index in [1.54, 1.807) is 0 Å². The highest BCUT2D eigenvalue weighted by atomic mass is 32.2. The Morgan fingerprint density at radius 3 is 2.24 bits per heavy atom. The van der Waals surface area contributed by atoms with Crippen molar-refractivity contribution in [2.75, 3.05) is 24.5 Å². The number of carbonyl (C=O) groups is 2. The van der Waals surface area contributed by atoms with E-state index < -0.39 is 28.3 Å². The first-order valence-corrected chi connectivity index (χ1v) is 13.2. The van der Waals surface area contributed by atoms with Crippen molar-refractivity contribution in [1.82, 2.24) is 10.2 Å². The largest absolute Gasteiger partial charge is 0.497 e. The molecule has 0 atom stereocenters. The fraction of sp³-hybridized carbons (Fsp3) is 0.259. The van der Waals surface area contributed by atoms with Crippen LogP contribution in [0.5, 0.6) is 5.75 Å². The van der Waals surface area contributed by atoms with Gasteiger partial charge in [-0.25, -0.2) is 12.8 Å². The van der Waals surface area contributed by atoms with Gasteiger partial charge in [-0.1, -0.05) is 24.3 Å². The first-order valence-electron chi connectivity index (χ1n) is 11.8. The van der Waals surface area contributed by atoms with Crippen LogP contribution in [0.25, 0.3) is 0 Å². The maximum atomic E-state index is 13.5. The molecule has 1 aliphatic heterocycles. The summed E-state index contributed by atoms with van der Waals surface area (Å²) in [5.74, 6) is -0.393. The number of amides is 2. The lowest BCUT2D eigenvalue weighted by Gasteiger charge is -2.24. The van der Waals surface area contributed by atoms with Gasteiger partial charge < -0.3 is 15.0 Å². The van der Waals surface area contributed by atoms with Gasteiger partial charge in [0.2, 0.25) is 11.8 Å². The summed E-state index contributed by atoms with van der Waals surface area (Å²) >= 11 is 0. The van der Waals surface area contributed by atoms with Crippen LogP contribution in [0.15, 0.2) is 77.7 Å². The van der Waals surface area contributed by atoms with Crippen molar-refractivity contribution in [2.45, 2.75) is 30.8 Å². The minimum absolute atomic E-state index is 0.0301.